The molecule has 1 aliphatic carbocycles. The number of aromatic nitrogens is 2. The summed E-state index contributed by atoms with van der Waals surface area (Å²) in [5, 5.41) is 3.44. The number of halogens is 3. The van der Waals surface area contributed by atoms with E-state index in [0.29, 0.717) is 58.9 Å². The summed E-state index contributed by atoms with van der Waals surface area (Å²) >= 11 is 9.71. The Kier molecular flexibility index (Phi) is 6.62. The van der Waals surface area contributed by atoms with E-state index >= 15 is 0 Å². The average molecular weight is 548 g/mol. The van der Waals surface area contributed by atoms with Gasteiger partial charge >= 0.3 is 0 Å². The highest BCUT2D eigenvalue weighted by Crippen LogP contribution is 2.33. The molecule has 3 aromatic rings. The van der Waals surface area contributed by atoms with Crippen LogP contribution in [-0.4, -0.2) is 45.8 Å². The molecule has 1 saturated carbocycles. The number of piperidine rings is 1. The molecule has 0 atom stereocenters. The fraction of sp³-hybridized carbons (Fsp3) is 0.400. The number of benzene rings is 2. The van der Waals surface area contributed by atoms with Gasteiger partial charge in [0.05, 0.1) is 21.6 Å². The van der Waals surface area contributed by atoms with Crippen LogP contribution in [0.2, 0.25) is 5.02 Å². The van der Waals surface area contributed by atoms with Crippen molar-refractivity contribution >= 4 is 50.4 Å². The fourth-order valence-corrected chi connectivity index (χ4v) is 5.75. The SMILES string of the molecule is O=C(NC1CCCC1)C1CCN(C(=O)c2cc(Br)c3[nH]c(-c4c(F)cccc4Cl)nc3c2)CC1. The lowest BCUT2D eigenvalue weighted by atomic mass is 9.95. The zero-order valence-electron chi connectivity index (χ0n) is 18.5. The van der Waals surface area contributed by atoms with Gasteiger partial charge in [0.1, 0.15) is 11.6 Å². The highest BCUT2D eigenvalue weighted by atomic mass is 79.9. The van der Waals surface area contributed by atoms with Crippen molar-refractivity contribution in [3.8, 4) is 11.4 Å². The van der Waals surface area contributed by atoms with E-state index < -0.39 is 5.82 Å². The van der Waals surface area contributed by atoms with E-state index in [1.807, 2.05) is 0 Å². The number of amides is 2. The summed E-state index contributed by atoms with van der Waals surface area (Å²) in [6, 6.07) is 8.24. The monoisotopic (exact) mass is 546 g/mol. The molecule has 0 spiro atoms. The summed E-state index contributed by atoms with van der Waals surface area (Å²) in [5.41, 5.74) is 1.88. The molecule has 2 amide bonds. The van der Waals surface area contributed by atoms with Crippen LogP contribution in [0.4, 0.5) is 4.39 Å². The van der Waals surface area contributed by atoms with Gasteiger partial charge < -0.3 is 15.2 Å². The molecule has 0 unspecified atom stereocenters. The molecule has 6 nitrogen and oxygen atoms in total. The van der Waals surface area contributed by atoms with E-state index in [1.165, 1.54) is 25.0 Å². The van der Waals surface area contributed by atoms with Gasteiger partial charge in [0.2, 0.25) is 5.91 Å². The summed E-state index contributed by atoms with van der Waals surface area (Å²) < 4.78 is 15.0. The molecule has 2 aromatic carbocycles. The van der Waals surface area contributed by atoms with Crippen molar-refractivity contribution in [2.24, 2.45) is 5.92 Å². The molecule has 9 heteroatoms. The third-order valence-corrected chi connectivity index (χ3v) is 7.79. The summed E-state index contributed by atoms with van der Waals surface area (Å²) in [6.07, 6.45) is 5.82. The minimum atomic E-state index is -0.473. The first-order valence-electron chi connectivity index (χ1n) is 11.6. The van der Waals surface area contributed by atoms with E-state index in [-0.39, 0.29) is 28.3 Å². The third-order valence-electron chi connectivity index (χ3n) is 6.85. The minimum Gasteiger partial charge on any atom is -0.353 e. The number of nitrogens with zero attached hydrogens (tertiary/aromatic N) is 2. The maximum absolute atomic E-state index is 14.4. The van der Waals surface area contributed by atoms with Gasteiger partial charge in [0.25, 0.3) is 5.91 Å². The fourth-order valence-electron chi connectivity index (χ4n) is 4.95. The number of carbonyl (C=O) groups excluding carboxylic acids is 2. The Morgan fingerprint density at radius 1 is 1.15 bits per heavy atom. The molecule has 0 bridgehead atoms. The Morgan fingerprint density at radius 3 is 2.59 bits per heavy atom. The Balaban J connectivity index is 1.30. The van der Waals surface area contributed by atoms with E-state index in [2.05, 4.69) is 31.2 Å². The van der Waals surface area contributed by atoms with Crippen molar-refractivity contribution in [2.75, 3.05) is 13.1 Å². The van der Waals surface area contributed by atoms with Gasteiger partial charge in [-0.25, -0.2) is 9.37 Å². The van der Waals surface area contributed by atoms with Crippen LogP contribution in [0.5, 0.6) is 0 Å². The molecular weight excluding hydrogens is 523 g/mol. The van der Waals surface area contributed by atoms with Crippen molar-refractivity contribution < 1.29 is 14.0 Å². The molecular formula is C25H25BrClFN4O2. The molecule has 0 radical (unpaired) electrons. The second-order valence-corrected chi connectivity index (χ2v) is 10.4. The molecule has 178 valence electrons. The Bertz CT molecular complexity index is 1230. The van der Waals surface area contributed by atoms with Crippen molar-refractivity contribution in [3.63, 3.8) is 0 Å². The second-order valence-electron chi connectivity index (χ2n) is 9.09. The van der Waals surface area contributed by atoms with E-state index in [4.69, 9.17) is 11.6 Å². The lowest BCUT2D eigenvalue weighted by Gasteiger charge is -2.32. The van der Waals surface area contributed by atoms with Crippen LogP contribution in [0.3, 0.4) is 0 Å². The van der Waals surface area contributed by atoms with E-state index in [9.17, 15) is 14.0 Å². The van der Waals surface area contributed by atoms with Crippen LogP contribution in [0, 0.1) is 11.7 Å². The van der Waals surface area contributed by atoms with Crippen LogP contribution < -0.4 is 5.32 Å². The summed E-state index contributed by atoms with van der Waals surface area (Å²) in [4.78, 5) is 35.2. The highest BCUT2D eigenvalue weighted by molar-refractivity contribution is 9.10. The van der Waals surface area contributed by atoms with Crippen LogP contribution in [0.15, 0.2) is 34.8 Å². The number of carbonyl (C=O) groups is 2. The normalized spacial score (nSPS) is 17.4. The van der Waals surface area contributed by atoms with Crippen molar-refractivity contribution in [1.29, 1.82) is 0 Å². The Morgan fingerprint density at radius 2 is 1.88 bits per heavy atom. The second kappa shape index (κ2) is 9.66. The molecule has 1 aliphatic heterocycles. The number of hydrogen-bond acceptors (Lipinski definition) is 3. The van der Waals surface area contributed by atoms with Crippen molar-refractivity contribution in [2.45, 2.75) is 44.6 Å². The summed E-state index contributed by atoms with van der Waals surface area (Å²) in [6.45, 7) is 1.07. The lowest BCUT2D eigenvalue weighted by molar-refractivity contribution is -0.127. The first-order valence-corrected chi connectivity index (χ1v) is 12.8. The van der Waals surface area contributed by atoms with Gasteiger partial charge in [0, 0.05) is 35.1 Å². The maximum atomic E-state index is 14.4. The van der Waals surface area contributed by atoms with Crippen LogP contribution in [0.25, 0.3) is 22.4 Å². The predicted molar refractivity (Wildman–Crippen MR) is 133 cm³/mol. The molecule has 2 aliphatic rings. The number of rotatable bonds is 4. The Labute approximate surface area is 210 Å². The number of hydrogen-bond donors (Lipinski definition) is 2. The molecule has 5 rings (SSSR count). The standard InChI is InChI=1S/C25H25BrClFN4O2/c26-17-12-15(13-20-22(17)31-23(30-20)21-18(27)6-3-7-19(21)28)25(34)32-10-8-14(9-11-32)24(33)29-16-4-1-2-5-16/h3,6-7,12-14,16H,1-2,4-5,8-11H2,(H,29,33)(H,30,31). The minimum absolute atomic E-state index is 0.0433. The summed E-state index contributed by atoms with van der Waals surface area (Å²) in [5.74, 6) is -0.195. The first kappa shape index (κ1) is 23.3. The van der Waals surface area contributed by atoms with Crippen LogP contribution in [0.1, 0.15) is 48.9 Å². The van der Waals surface area contributed by atoms with Crippen molar-refractivity contribution in [1.82, 2.24) is 20.2 Å². The molecule has 2 fully saturated rings. The first-order chi connectivity index (χ1) is 16.4. The zero-order chi connectivity index (χ0) is 23.8. The van der Waals surface area contributed by atoms with E-state index in [1.54, 1.807) is 23.1 Å². The number of fused-ring (bicyclic) bond motifs is 1. The van der Waals surface area contributed by atoms with Crippen molar-refractivity contribution in [3.05, 3.63) is 51.2 Å². The number of imidazole rings is 1. The highest BCUT2D eigenvalue weighted by Gasteiger charge is 2.30. The maximum Gasteiger partial charge on any atom is 0.253 e. The topological polar surface area (TPSA) is 78.1 Å². The van der Waals surface area contributed by atoms with Gasteiger partial charge in [-0.3, -0.25) is 9.59 Å². The van der Waals surface area contributed by atoms with Gasteiger partial charge in [-0.05, 0) is 65.9 Å². The lowest BCUT2D eigenvalue weighted by Crippen LogP contribution is -2.44. The number of likely N-dealkylation sites (tertiary alicyclic amines) is 1. The predicted octanol–water partition coefficient (Wildman–Crippen LogP) is 5.70. The number of nitrogens with one attached hydrogen (secondary N) is 2. The molecule has 1 saturated heterocycles. The molecule has 1 aromatic heterocycles. The molecule has 34 heavy (non-hydrogen) atoms. The molecule has 2 heterocycles. The quantitative estimate of drug-likeness (QED) is 0.440. The summed E-state index contributed by atoms with van der Waals surface area (Å²) in [7, 11) is 0. The van der Waals surface area contributed by atoms with Gasteiger partial charge in [-0.2, -0.15) is 0 Å². The molecule has 2 N–H and O–H groups in total. The zero-order valence-corrected chi connectivity index (χ0v) is 20.9. The van der Waals surface area contributed by atoms with Crippen LogP contribution >= 0.6 is 27.5 Å². The van der Waals surface area contributed by atoms with Crippen LogP contribution in [-0.2, 0) is 4.79 Å². The van der Waals surface area contributed by atoms with Gasteiger partial charge in [-0.15, -0.1) is 0 Å². The number of H-pyrrole nitrogens is 1. The van der Waals surface area contributed by atoms with Gasteiger partial charge in [0.15, 0.2) is 0 Å². The largest absolute Gasteiger partial charge is 0.353 e. The average Bonchev–Trinajstić information content (AvgIpc) is 3.49. The Hall–Kier alpha value is -2.45. The smallest absolute Gasteiger partial charge is 0.253 e. The van der Waals surface area contributed by atoms with E-state index in [0.717, 1.165) is 12.8 Å². The number of aromatic amines is 1. The van der Waals surface area contributed by atoms with Gasteiger partial charge in [-0.1, -0.05) is 30.5 Å². The third kappa shape index (κ3) is 4.58.